The molecule has 0 aliphatic heterocycles. The number of nitrogens with one attached hydrogen (secondary N) is 2. The average molecular weight is 410 g/mol. The SMILES string of the molecule is Cc1[nH]c2ccc(C(=O)OCC(=O)NC(=O)CCSc3ccccc3)cc2c1C. The van der Waals surface area contributed by atoms with Gasteiger partial charge >= 0.3 is 5.97 Å². The second-order valence-electron chi connectivity index (χ2n) is 6.59. The molecule has 2 aromatic carbocycles. The van der Waals surface area contributed by atoms with Crippen LogP contribution in [0.15, 0.2) is 53.4 Å². The van der Waals surface area contributed by atoms with Gasteiger partial charge in [0.25, 0.3) is 5.91 Å². The zero-order valence-corrected chi connectivity index (χ0v) is 17.1. The molecule has 0 aliphatic rings. The fraction of sp³-hybridized carbons (Fsp3) is 0.227. The molecule has 150 valence electrons. The van der Waals surface area contributed by atoms with Gasteiger partial charge in [-0.3, -0.25) is 14.9 Å². The average Bonchev–Trinajstić information content (AvgIpc) is 3.00. The summed E-state index contributed by atoms with van der Waals surface area (Å²) in [5.74, 6) is -1.08. The number of benzene rings is 2. The van der Waals surface area contributed by atoms with Crippen molar-refractivity contribution in [1.82, 2.24) is 10.3 Å². The van der Waals surface area contributed by atoms with Crippen molar-refractivity contribution in [3.8, 4) is 0 Å². The van der Waals surface area contributed by atoms with Crippen molar-refractivity contribution in [1.29, 1.82) is 0 Å². The molecule has 3 rings (SSSR count). The number of hydrogen-bond donors (Lipinski definition) is 2. The maximum atomic E-state index is 12.2. The zero-order valence-electron chi connectivity index (χ0n) is 16.3. The molecule has 7 heteroatoms. The van der Waals surface area contributed by atoms with Gasteiger partial charge in [0.2, 0.25) is 5.91 Å². The molecule has 0 bridgehead atoms. The monoisotopic (exact) mass is 410 g/mol. The molecular weight excluding hydrogens is 388 g/mol. The Morgan fingerprint density at radius 2 is 1.79 bits per heavy atom. The van der Waals surface area contributed by atoms with Crippen LogP contribution >= 0.6 is 11.8 Å². The lowest BCUT2D eigenvalue weighted by Crippen LogP contribution is -2.34. The van der Waals surface area contributed by atoms with Crippen molar-refractivity contribution in [2.45, 2.75) is 25.2 Å². The highest BCUT2D eigenvalue weighted by molar-refractivity contribution is 7.99. The number of aryl methyl sites for hydroxylation is 2. The molecule has 1 heterocycles. The maximum Gasteiger partial charge on any atom is 0.338 e. The third-order valence-corrected chi connectivity index (χ3v) is 5.51. The number of aromatic nitrogens is 1. The van der Waals surface area contributed by atoms with Gasteiger partial charge in [0.1, 0.15) is 0 Å². The number of amides is 2. The Morgan fingerprint density at radius 3 is 2.55 bits per heavy atom. The van der Waals surface area contributed by atoms with E-state index in [4.69, 9.17) is 4.74 Å². The van der Waals surface area contributed by atoms with E-state index in [9.17, 15) is 14.4 Å². The fourth-order valence-electron chi connectivity index (χ4n) is 2.84. The van der Waals surface area contributed by atoms with Crippen LogP contribution < -0.4 is 5.32 Å². The summed E-state index contributed by atoms with van der Waals surface area (Å²) in [6.45, 7) is 3.44. The Bertz CT molecular complexity index is 1040. The van der Waals surface area contributed by atoms with E-state index < -0.39 is 24.4 Å². The Labute approximate surface area is 173 Å². The van der Waals surface area contributed by atoms with E-state index in [2.05, 4.69) is 10.3 Å². The van der Waals surface area contributed by atoms with Crippen LogP contribution in [0.1, 0.15) is 28.0 Å². The second kappa shape index (κ2) is 9.43. The third-order valence-electron chi connectivity index (χ3n) is 4.50. The molecule has 2 N–H and O–H groups in total. The first-order chi connectivity index (χ1) is 13.9. The largest absolute Gasteiger partial charge is 0.452 e. The van der Waals surface area contributed by atoms with E-state index in [0.717, 1.165) is 27.1 Å². The summed E-state index contributed by atoms with van der Waals surface area (Å²) in [6, 6.07) is 14.9. The highest BCUT2D eigenvalue weighted by Crippen LogP contribution is 2.22. The van der Waals surface area contributed by atoms with Gasteiger partial charge in [-0.1, -0.05) is 18.2 Å². The summed E-state index contributed by atoms with van der Waals surface area (Å²) in [6.07, 6.45) is 0.196. The Kier molecular flexibility index (Phi) is 6.72. The van der Waals surface area contributed by atoms with Gasteiger partial charge in [-0.25, -0.2) is 4.79 Å². The normalized spacial score (nSPS) is 10.7. The molecule has 2 amide bonds. The minimum atomic E-state index is -0.636. The fourth-order valence-corrected chi connectivity index (χ4v) is 3.71. The molecule has 0 atom stereocenters. The maximum absolute atomic E-state index is 12.2. The summed E-state index contributed by atoms with van der Waals surface area (Å²) in [5.41, 5.74) is 3.39. The molecule has 0 saturated heterocycles. The number of rotatable bonds is 7. The van der Waals surface area contributed by atoms with E-state index in [1.165, 1.54) is 11.8 Å². The molecule has 0 unspecified atom stereocenters. The topological polar surface area (TPSA) is 88.3 Å². The smallest absolute Gasteiger partial charge is 0.338 e. The zero-order chi connectivity index (χ0) is 20.8. The van der Waals surface area contributed by atoms with Gasteiger partial charge in [0.15, 0.2) is 6.61 Å². The van der Waals surface area contributed by atoms with Gasteiger partial charge in [-0.2, -0.15) is 0 Å². The summed E-state index contributed by atoms with van der Waals surface area (Å²) in [4.78, 5) is 40.2. The van der Waals surface area contributed by atoms with Crippen LogP contribution in [0.3, 0.4) is 0 Å². The lowest BCUT2D eigenvalue weighted by atomic mass is 10.1. The Hall–Kier alpha value is -3.06. The molecule has 0 spiro atoms. The van der Waals surface area contributed by atoms with E-state index in [-0.39, 0.29) is 6.42 Å². The van der Waals surface area contributed by atoms with Gasteiger partial charge in [-0.15, -0.1) is 11.8 Å². The van der Waals surface area contributed by atoms with E-state index in [1.54, 1.807) is 18.2 Å². The number of carbonyl (C=O) groups excluding carboxylic acids is 3. The van der Waals surface area contributed by atoms with Crippen molar-refractivity contribution < 1.29 is 19.1 Å². The number of aromatic amines is 1. The van der Waals surface area contributed by atoms with Gasteiger partial charge < -0.3 is 9.72 Å². The van der Waals surface area contributed by atoms with Crippen LogP contribution in [0.2, 0.25) is 0 Å². The minimum absolute atomic E-state index is 0.196. The predicted molar refractivity (Wildman–Crippen MR) is 113 cm³/mol. The minimum Gasteiger partial charge on any atom is -0.452 e. The van der Waals surface area contributed by atoms with Crippen LogP contribution in [0.25, 0.3) is 10.9 Å². The first kappa shape index (κ1) is 20.7. The summed E-state index contributed by atoms with van der Waals surface area (Å²) < 4.78 is 5.04. The highest BCUT2D eigenvalue weighted by Gasteiger charge is 2.14. The number of hydrogen-bond acceptors (Lipinski definition) is 5. The molecule has 3 aromatic rings. The number of carbonyl (C=O) groups is 3. The number of fused-ring (bicyclic) bond motifs is 1. The van der Waals surface area contributed by atoms with Gasteiger partial charge in [-0.05, 0) is 49.7 Å². The van der Waals surface area contributed by atoms with Crippen molar-refractivity contribution in [3.05, 3.63) is 65.4 Å². The summed E-state index contributed by atoms with van der Waals surface area (Å²) in [7, 11) is 0. The molecule has 0 fully saturated rings. The summed E-state index contributed by atoms with van der Waals surface area (Å²) in [5, 5.41) is 3.18. The molecule has 6 nitrogen and oxygen atoms in total. The number of thioether (sulfide) groups is 1. The van der Waals surface area contributed by atoms with Crippen LogP contribution in [-0.2, 0) is 14.3 Å². The standard InChI is InChI=1S/C22H22N2O4S/c1-14-15(2)23-19-9-8-16(12-18(14)19)22(27)28-13-21(26)24-20(25)10-11-29-17-6-4-3-5-7-17/h3-9,12,23H,10-11,13H2,1-2H3,(H,24,25,26). The number of ether oxygens (including phenoxy) is 1. The number of imide groups is 1. The highest BCUT2D eigenvalue weighted by atomic mass is 32.2. The van der Waals surface area contributed by atoms with Crippen molar-refractivity contribution >= 4 is 40.4 Å². The lowest BCUT2D eigenvalue weighted by Gasteiger charge is -2.06. The Balaban J connectivity index is 1.44. The summed E-state index contributed by atoms with van der Waals surface area (Å²) >= 11 is 1.53. The molecular formula is C22H22N2O4S. The molecule has 0 radical (unpaired) electrons. The number of H-pyrrole nitrogens is 1. The van der Waals surface area contributed by atoms with E-state index >= 15 is 0 Å². The third kappa shape index (κ3) is 5.48. The first-order valence-corrected chi connectivity index (χ1v) is 10.2. The van der Waals surface area contributed by atoms with Crippen LogP contribution in [0, 0.1) is 13.8 Å². The van der Waals surface area contributed by atoms with Crippen molar-refractivity contribution in [2.75, 3.05) is 12.4 Å². The predicted octanol–water partition coefficient (Wildman–Crippen LogP) is 3.77. The molecule has 1 aromatic heterocycles. The Morgan fingerprint density at radius 1 is 1.03 bits per heavy atom. The van der Waals surface area contributed by atoms with Gasteiger partial charge in [0.05, 0.1) is 5.56 Å². The van der Waals surface area contributed by atoms with Crippen LogP contribution in [-0.4, -0.2) is 35.1 Å². The van der Waals surface area contributed by atoms with Crippen LogP contribution in [0.5, 0.6) is 0 Å². The van der Waals surface area contributed by atoms with Crippen molar-refractivity contribution in [3.63, 3.8) is 0 Å². The van der Waals surface area contributed by atoms with E-state index in [1.807, 2.05) is 44.2 Å². The lowest BCUT2D eigenvalue weighted by molar-refractivity contribution is -0.132. The second-order valence-corrected chi connectivity index (χ2v) is 7.76. The number of esters is 1. The van der Waals surface area contributed by atoms with Crippen molar-refractivity contribution in [2.24, 2.45) is 0 Å². The van der Waals surface area contributed by atoms with Gasteiger partial charge in [0, 0.05) is 33.7 Å². The first-order valence-electron chi connectivity index (χ1n) is 9.20. The molecule has 29 heavy (non-hydrogen) atoms. The molecule has 0 saturated carbocycles. The molecule has 0 aliphatic carbocycles. The quantitative estimate of drug-likeness (QED) is 0.457. The van der Waals surface area contributed by atoms with Crippen LogP contribution in [0.4, 0.5) is 0 Å². The van der Waals surface area contributed by atoms with E-state index in [0.29, 0.717) is 11.3 Å².